The molecule has 0 radical (unpaired) electrons. The van der Waals surface area contributed by atoms with Gasteiger partial charge in [0.05, 0.1) is 10.8 Å². The highest BCUT2D eigenvalue weighted by molar-refractivity contribution is 6.67. The normalized spacial score (nSPS) is 10.8. The van der Waals surface area contributed by atoms with Gasteiger partial charge in [-0.05, 0) is 17.7 Å². The van der Waals surface area contributed by atoms with Crippen molar-refractivity contribution >= 4 is 40.7 Å². The number of nitro benzene ring substituents is 1. The third-order valence-electron chi connectivity index (χ3n) is 2.47. The summed E-state index contributed by atoms with van der Waals surface area (Å²) in [6.45, 7) is -0.893. The second kappa shape index (κ2) is 9.20. The molecular formula is C13H11ClN2O8. The number of non-ortho nitro benzene ring substituents is 1. The van der Waals surface area contributed by atoms with E-state index in [2.05, 4.69) is 9.99 Å². The number of halogens is 1. The summed E-state index contributed by atoms with van der Waals surface area (Å²) in [4.78, 5) is 47.6. The third-order valence-corrected chi connectivity index (χ3v) is 2.72. The smallest absolute Gasteiger partial charge is 0.361 e. The van der Waals surface area contributed by atoms with Gasteiger partial charge in [-0.2, -0.15) is 0 Å². The molecule has 0 spiro atoms. The first-order chi connectivity index (χ1) is 11.3. The third kappa shape index (κ3) is 6.01. The number of carbonyl (C=O) groups excluding carboxylic acids is 2. The Balaban J connectivity index is 2.47. The number of oxime groups is 1. The van der Waals surface area contributed by atoms with Crippen molar-refractivity contribution in [3.63, 3.8) is 0 Å². The Bertz CT molecular complexity index is 671. The van der Waals surface area contributed by atoms with E-state index in [0.29, 0.717) is 5.56 Å². The molecule has 0 heterocycles. The van der Waals surface area contributed by atoms with Gasteiger partial charge in [-0.25, -0.2) is 9.59 Å². The summed E-state index contributed by atoms with van der Waals surface area (Å²) in [5.74, 6) is -4.08. The van der Waals surface area contributed by atoms with Gasteiger partial charge < -0.3 is 14.7 Å². The van der Waals surface area contributed by atoms with Crippen LogP contribution in [0.3, 0.4) is 0 Å². The number of nitrogens with zero attached hydrogens (tertiary/aromatic N) is 2. The zero-order valence-electron chi connectivity index (χ0n) is 12.0. The van der Waals surface area contributed by atoms with Crippen molar-refractivity contribution in [1.29, 1.82) is 0 Å². The molecule has 11 heteroatoms. The maximum atomic E-state index is 11.4. The van der Waals surface area contributed by atoms with E-state index >= 15 is 0 Å². The highest BCUT2D eigenvalue weighted by Gasteiger charge is 2.19. The number of alkyl halides is 1. The lowest BCUT2D eigenvalue weighted by Crippen LogP contribution is -2.25. The molecular weight excluding hydrogens is 348 g/mol. The van der Waals surface area contributed by atoms with Gasteiger partial charge in [-0.1, -0.05) is 5.16 Å². The van der Waals surface area contributed by atoms with Gasteiger partial charge in [0.15, 0.2) is 0 Å². The molecule has 0 unspecified atom stereocenters. The molecule has 1 aromatic carbocycles. The molecule has 0 bridgehead atoms. The first-order valence-corrected chi connectivity index (χ1v) is 6.80. The molecule has 1 aromatic rings. The molecule has 1 N–H and O–H groups in total. The SMILES string of the molecule is O=C(CO/N=C(\C(=O)O)C(=O)CCl)OCc1ccc([N+](=O)[O-])cc1. The number of nitro groups is 1. The van der Waals surface area contributed by atoms with Crippen LogP contribution in [0.4, 0.5) is 5.69 Å². The summed E-state index contributed by atoms with van der Waals surface area (Å²) in [5.41, 5.74) is -0.540. The molecule has 0 fully saturated rings. The van der Waals surface area contributed by atoms with Crippen LogP contribution in [-0.4, -0.2) is 46.0 Å². The quantitative estimate of drug-likeness (QED) is 0.171. The van der Waals surface area contributed by atoms with Crippen LogP contribution in [0.5, 0.6) is 0 Å². The fourth-order valence-corrected chi connectivity index (χ4v) is 1.47. The number of Topliss-reactive ketones (excluding diaryl/α,β-unsaturated/α-hetero) is 1. The largest absolute Gasteiger partial charge is 0.476 e. The van der Waals surface area contributed by atoms with Crippen molar-refractivity contribution in [2.75, 3.05) is 12.5 Å². The molecule has 0 saturated heterocycles. The number of ketones is 1. The molecule has 128 valence electrons. The van der Waals surface area contributed by atoms with E-state index in [9.17, 15) is 24.5 Å². The Morgan fingerprint density at radius 2 is 1.88 bits per heavy atom. The minimum atomic E-state index is -1.64. The van der Waals surface area contributed by atoms with Crippen molar-refractivity contribution in [3.8, 4) is 0 Å². The van der Waals surface area contributed by atoms with Crippen LogP contribution in [0.15, 0.2) is 29.4 Å². The summed E-state index contributed by atoms with van der Waals surface area (Å²) in [5, 5.41) is 22.2. The van der Waals surface area contributed by atoms with Crippen LogP contribution in [0.25, 0.3) is 0 Å². The number of hydrogen-bond acceptors (Lipinski definition) is 8. The van der Waals surface area contributed by atoms with Crippen LogP contribution < -0.4 is 0 Å². The van der Waals surface area contributed by atoms with Gasteiger partial charge in [0.2, 0.25) is 18.1 Å². The Labute approximate surface area is 139 Å². The van der Waals surface area contributed by atoms with Gasteiger partial charge >= 0.3 is 11.9 Å². The van der Waals surface area contributed by atoms with Crippen LogP contribution in [0.1, 0.15) is 5.56 Å². The molecule has 0 aromatic heterocycles. The Morgan fingerprint density at radius 1 is 1.25 bits per heavy atom. The number of esters is 1. The number of ether oxygens (including phenoxy) is 1. The van der Waals surface area contributed by atoms with Crippen molar-refractivity contribution < 1.29 is 34.0 Å². The van der Waals surface area contributed by atoms with Crippen molar-refractivity contribution in [3.05, 3.63) is 39.9 Å². The number of hydrogen-bond donors (Lipinski definition) is 1. The zero-order chi connectivity index (χ0) is 18.1. The molecule has 24 heavy (non-hydrogen) atoms. The topological polar surface area (TPSA) is 145 Å². The lowest BCUT2D eigenvalue weighted by Gasteiger charge is -2.04. The second-order valence-electron chi connectivity index (χ2n) is 4.16. The number of carboxylic acids is 1. The summed E-state index contributed by atoms with van der Waals surface area (Å²) < 4.78 is 4.80. The summed E-state index contributed by atoms with van der Waals surface area (Å²) >= 11 is 5.20. The lowest BCUT2D eigenvalue weighted by atomic mass is 10.2. The van der Waals surface area contributed by atoms with Gasteiger partial charge in [0, 0.05) is 12.1 Å². The maximum absolute atomic E-state index is 11.4. The highest BCUT2D eigenvalue weighted by Crippen LogP contribution is 2.12. The summed E-state index contributed by atoms with van der Waals surface area (Å²) in [6.07, 6.45) is 0. The number of benzene rings is 1. The molecule has 0 saturated carbocycles. The van der Waals surface area contributed by atoms with Crippen molar-refractivity contribution in [1.82, 2.24) is 0 Å². The number of rotatable bonds is 9. The average Bonchev–Trinajstić information content (AvgIpc) is 2.56. The van der Waals surface area contributed by atoms with Crippen molar-refractivity contribution in [2.24, 2.45) is 5.16 Å². The summed E-state index contributed by atoms with van der Waals surface area (Å²) in [7, 11) is 0. The molecule has 0 aliphatic rings. The molecule has 0 aliphatic heterocycles. The van der Waals surface area contributed by atoms with Crippen LogP contribution in [0.2, 0.25) is 0 Å². The monoisotopic (exact) mass is 358 g/mol. The van der Waals surface area contributed by atoms with E-state index in [1.54, 1.807) is 0 Å². The predicted molar refractivity (Wildman–Crippen MR) is 79.6 cm³/mol. The maximum Gasteiger partial charge on any atom is 0.361 e. The molecule has 1 rings (SSSR count). The molecule has 10 nitrogen and oxygen atoms in total. The molecule has 0 amide bonds. The predicted octanol–water partition coefficient (Wildman–Crippen LogP) is 0.903. The van der Waals surface area contributed by atoms with Crippen LogP contribution in [-0.2, 0) is 30.6 Å². The van der Waals surface area contributed by atoms with Gasteiger partial charge in [-0.15, -0.1) is 11.6 Å². The number of carbonyl (C=O) groups is 3. The van der Waals surface area contributed by atoms with E-state index in [0.717, 1.165) is 0 Å². The van der Waals surface area contributed by atoms with E-state index in [1.165, 1.54) is 24.3 Å². The first kappa shape index (κ1) is 19.0. The molecule has 0 aliphatic carbocycles. The second-order valence-corrected chi connectivity index (χ2v) is 4.43. The zero-order valence-corrected chi connectivity index (χ0v) is 12.8. The highest BCUT2D eigenvalue weighted by atomic mass is 35.5. The Kier molecular flexibility index (Phi) is 7.30. The van der Waals surface area contributed by atoms with Gasteiger partial charge in [0.1, 0.15) is 6.61 Å². The first-order valence-electron chi connectivity index (χ1n) is 6.26. The number of aliphatic carboxylic acids is 1. The van der Waals surface area contributed by atoms with Gasteiger partial charge in [-0.3, -0.25) is 14.9 Å². The van der Waals surface area contributed by atoms with E-state index < -0.39 is 40.8 Å². The van der Waals surface area contributed by atoms with Crippen molar-refractivity contribution in [2.45, 2.75) is 6.61 Å². The van der Waals surface area contributed by atoms with E-state index in [1.807, 2.05) is 0 Å². The average molecular weight is 359 g/mol. The fraction of sp³-hybridized carbons (Fsp3) is 0.231. The van der Waals surface area contributed by atoms with Crippen LogP contribution >= 0.6 is 11.6 Å². The molecule has 0 atom stereocenters. The minimum absolute atomic E-state index is 0.104. The fourth-order valence-electron chi connectivity index (χ4n) is 1.34. The van der Waals surface area contributed by atoms with E-state index in [-0.39, 0.29) is 12.3 Å². The van der Waals surface area contributed by atoms with Crippen LogP contribution in [0, 0.1) is 10.1 Å². The summed E-state index contributed by atoms with van der Waals surface area (Å²) in [6, 6.07) is 5.32. The lowest BCUT2D eigenvalue weighted by molar-refractivity contribution is -0.384. The minimum Gasteiger partial charge on any atom is -0.476 e. The number of carboxylic acid groups (broad SMARTS) is 1. The Hall–Kier alpha value is -3.01. The van der Waals surface area contributed by atoms with Gasteiger partial charge in [0.25, 0.3) is 5.69 Å². The Morgan fingerprint density at radius 3 is 2.38 bits per heavy atom. The standard InChI is InChI=1S/C13H11ClN2O8/c14-5-10(17)12(13(19)20)15-24-7-11(18)23-6-8-1-3-9(4-2-8)16(21)22/h1-4H,5-7H2,(H,19,20)/b15-12-. The van der Waals surface area contributed by atoms with E-state index in [4.69, 9.17) is 21.4 Å².